The molecule has 1 aliphatic rings. The van der Waals surface area contributed by atoms with Gasteiger partial charge in [0.05, 0.1) is 17.9 Å². The highest BCUT2D eigenvalue weighted by Gasteiger charge is 2.24. The van der Waals surface area contributed by atoms with E-state index in [0.29, 0.717) is 23.7 Å². The standard InChI is InChI=1S/C21H24ClN3O2/c1-15(16-9-11-17(22)12-10-16)24(2)14-20(26)23-18-6-3-4-7-19(18)25-13-5-8-21(25)27/h3-4,6-7,9-12,15H,5,8,13-14H2,1-2H3,(H,23,26). The molecule has 2 aromatic rings. The predicted molar refractivity (Wildman–Crippen MR) is 109 cm³/mol. The molecule has 0 aliphatic carbocycles. The van der Waals surface area contributed by atoms with E-state index >= 15 is 0 Å². The average Bonchev–Trinajstić information content (AvgIpc) is 3.08. The number of para-hydroxylation sites is 2. The summed E-state index contributed by atoms with van der Waals surface area (Å²) >= 11 is 5.94. The van der Waals surface area contributed by atoms with Gasteiger partial charge in [-0.25, -0.2) is 0 Å². The van der Waals surface area contributed by atoms with Gasteiger partial charge in [-0.15, -0.1) is 0 Å². The Morgan fingerprint density at radius 1 is 1.22 bits per heavy atom. The predicted octanol–water partition coefficient (Wildman–Crippen LogP) is 4.10. The molecule has 27 heavy (non-hydrogen) atoms. The minimum absolute atomic E-state index is 0.0726. The number of carbonyl (C=O) groups excluding carboxylic acids is 2. The molecular formula is C21H24ClN3O2. The Balaban J connectivity index is 1.65. The molecule has 0 radical (unpaired) electrons. The van der Waals surface area contributed by atoms with Crippen LogP contribution in [0.2, 0.25) is 5.02 Å². The van der Waals surface area contributed by atoms with E-state index in [-0.39, 0.29) is 24.4 Å². The van der Waals surface area contributed by atoms with Crippen LogP contribution in [-0.2, 0) is 9.59 Å². The zero-order valence-corrected chi connectivity index (χ0v) is 16.4. The Morgan fingerprint density at radius 2 is 1.93 bits per heavy atom. The van der Waals surface area contributed by atoms with Crippen molar-refractivity contribution >= 4 is 34.8 Å². The maximum atomic E-state index is 12.6. The maximum Gasteiger partial charge on any atom is 0.238 e. The topological polar surface area (TPSA) is 52.7 Å². The Labute approximate surface area is 164 Å². The summed E-state index contributed by atoms with van der Waals surface area (Å²) in [4.78, 5) is 28.4. The van der Waals surface area contributed by atoms with Crippen LogP contribution in [0, 0.1) is 0 Å². The van der Waals surface area contributed by atoms with Gasteiger partial charge in [0.25, 0.3) is 0 Å². The van der Waals surface area contributed by atoms with Gasteiger partial charge in [0.15, 0.2) is 0 Å². The first-order chi connectivity index (χ1) is 13.0. The SMILES string of the molecule is CC(c1ccc(Cl)cc1)N(C)CC(=O)Nc1ccccc1N1CCCC1=O. The minimum atomic E-state index is -0.114. The fourth-order valence-electron chi connectivity index (χ4n) is 3.27. The molecule has 1 aliphatic heterocycles. The number of anilines is 2. The second kappa shape index (κ2) is 8.55. The van der Waals surface area contributed by atoms with Crippen LogP contribution >= 0.6 is 11.6 Å². The van der Waals surface area contributed by atoms with Crippen LogP contribution in [0.4, 0.5) is 11.4 Å². The molecule has 1 unspecified atom stereocenters. The molecule has 2 aromatic carbocycles. The van der Waals surface area contributed by atoms with Gasteiger partial charge in [-0.2, -0.15) is 0 Å². The zero-order valence-electron chi connectivity index (χ0n) is 15.6. The summed E-state index contributed by atoms with van der Waals surface area (Å²) in [5, 5.41) is 3.65. The lowest BCUT2D eigenvalue weighted by molar-refractivity contribution is -0.118. The zero-order chi connectivity index (χ0) is 19.4. The van der Waals surface area contributed by atoms with Crippen LogP contribution < -0.4 is 10.2 Å². The number of halogens is 1. The van der Waals surface area contributed by atoms with Gasteiger partial charge in [0, 0.05) is 24.0 Å². The molecule has 5 nitrogen and oxygen atoms in total. The highest BCUT2D eigenvalue weighted by molar-refractivity contribution is 6.30. The number of benzene rings is 2. The number of likely N-dealkylation sites (N-methyl/N-ethyl adjacent to an activating group) is 1. The van der Waals surface area contributed by atoms with Gasteiger partial charge in [0.1, 0.15) is 0 Å². The maximum absolute atomic E-state index is 12.6. The van der Waals surface area contributed by atoms with Gasteiger partial charge in [-0.05, 0) is 50.2 Å². The normalized spacial score (nSPS) is 15.3. The van der Waals surface area contributed by atoms with Crippen molar-refractivity contribution in [3.8, 4) is 0 Å². The number of hydrogen-bond acceptors (Lipinski definition) is 3. The molecule has 1 saturated heterocycles. The summed E-state index contributed by atoms with van der Waals surface area (Å²) in [5.41, 5.74) is 2.53. The van der Waals surface area contributed by atoms with E-state index in [9.17, 15) is 9.59 Å². The number of nitrogens with one attached hydrogen (secondary N) is 1. The van der Waals surface area contributed by atoms with E-state index in [1.807, 2.05) is 67.4 Å². The summed E-state index contributed by atoms with van der Waals surface area (Å²) in [5.74, 6) is -0.0115. The average molecular weight is 386 g/mol. The fourth-order valence-corrected chi connectivity index (χ4v) is 3.39. The molecule has 0 bridgehead atoms. The molecule has 1 N–H and O–H groups in total. The molecule has 2 amide bonds. The summed E-state index contributed by atoms with van der Waals surface area (Å²) in [6.07, 6.45) is 1.41. The smallest absolute Gasteiger partial charge is 0.238 e. The monoisotopic (exact) mass is 385 g/mol. The molecule has 6 heteroatoms. The number of carbonyl (C=O) groups is 2. The molecule has 0 saturated carbocycles. The van der Waals surface area contributed by atoms with Crippen molar-refractivity contribution in [1.82, 2.24) is 4.90 Å². The first-order valence-electron chi connectivity index (χ1n) is 9.10. The quantitative estimate of drug-likeness (QED) is 0.814. The van der Waals surface area contributed by atoms with Crippen molar-refractivity contribution < 1.29 is 9.59 Å². The van der Waals surface area contributed by atoms with E-state index in [0.717, 1.165) is 17.7 Å². The van der Waals surface area contributed by atoms with Crippen molar-refractivity contribution in [2.24, 2.45) is 0 Å². The van der Waals surface area contributed by atoms with Crippen LogP contribution in [0.3, 0.4) is 0 Å². The fraction of sp³-hybridized carbons (Fsp3) is 0.333. The Morgan fingerprint density at radius 3 is 2.59 bits per heavy atom. The summed E-state index contributed by atoms with van der Waals surface area (Å²) in [6, 6.07) is 15.2. The van der Waals surface area contributed by atoms with Crippen LogP contribution in [0.1, 0.15) is 31.4 Å². The first kappa shape index (κ1) is 19.4. The van der Waals surface area contributed by atoms with Crippen LogP contribution in [-0.4, -0.2) is 36.9 Å². The second-order valence-corrected chi connectivity index (χ2v) is 7.29. The van der Waals surface area contributed by atoms with E-state index in [1.54, 1.807) is 4.90 Å². The highest BCUT2D eigenvalue weighted by atomic mass is 35.5. The molecule has 0 aromatic heterocycles. The van der Waals surface area contributed by atoms with Crippen molar-refractivity contribution in [2.75, 3.05) is 30.4 Å². The van der Waals surface area contributed by atoms with Crippen molar-refractivity contribution in [1.29, 1.82) is 0 Å². The number of rotatable bonds is 6. The third-order valence-corrected chi connectivity index (χ3v) is 5.20. The van der Waals surface area contributed by atoms with Gasteiger partial charge >= 0.3 is 0 Å². The summed E-state index contributed by atoms with van der Waals surface area (Å²) < 4.78 is 0. The van der Waals surface area contributed by atoms with Gasteiger partial charge < -0.3 is 10.2 Å². The van der Waals surface area contributed by atoms with E-state index in [2.05, 4.69) is 5.32 Å². The first-order valence-corrected chi connectivity index (χ1v) is 9.48. The number of hydrogen-bond donors (Lipinski definition) is 1. The molecule has 142 valence electrons. The summed E-state index contributed by atoms with van der Waals surface area (Å²) in [6.45, 7) is 2.98. The van der Waals surface area contributed by atoms with Crippen molar-refractivity contribution in [3.05, 3.63) is 59.1 Å². The highest BCUT2D eigenvalue weighted by Crippen LogP contribution is 2.29. The van der Waals surface area contributed by atoms with E-state index < -0.39 is 0 Å². The van der Waals surface area contributed by atoms with Gasteiger partial charge in [0.2, 0.25) is 11.8 Å². The van der Waals surface area contributed by atoms with Crippen molar-refractivity contribution in [3.63, 3.8) is 0 Å². The van der Waals surface area contributed by atoms with Crippen LogP contribution in [0.5, 0.6) is 0 Å². The number of nitrogens with zero attached hydrogens (tertiary/aromatic N) is 2. The number of amides is 2. The third-order valence-electron chi connectivity index (χ3n) is 4.95. The lowest BCUT2D eigenvalue weighted by Gasteiger charge is -2.25. The Hall–Kier alpha value is -2.37. The van der Waals surface area contributed by atoms with Gasteiger partial charge in [-0.3, -0.25) is 14.5 Å². The van der Waals surface area contributed by atoms with Gasteiger partial charge in [-0.1, -0.05) is 35.9 Å². The minimum Gasteiger partial charge on any atom is -0.323 e. The molecule has 1 fully saturated rings. The van der Waals surface area contributed by atoms with E-state index in [1.165, 1.54) is 0 Å². The molecular weight excluding hydrogens is 362 g/mol. The summed E-state index contributed by atoms with van der Waals surface area (Å²) in [7, 11) is 1.91. The van der Waals surface area contributed by atoms with Crippen LogP contribution in [0.15, 0.2) is 48.5 Å². The van der Waals surface area contributed by atoms with Crippen LogP contribution in [0.25, 0.3) is 0 Å². The van der Waals surface area contributed by atoms with Crippen molar-refractivity contribution in [2.45, 2.75) is 25.8 Å². The van der Waals surface area contributed by atoms with E-state index in [4.69, 9.17) is 11.6 Å². The lowest BCUT2D eigenvalue weighted by atomic mass is 10.1. The third kappa shape index (κ3) is 4.67. The molecule has 3 rings (SSSR count). The lowest BCUT2D eigenvalue weighted by Crippen LogP contribution is -2.33. The molecule has 0 spiro atoms. The molecule has 1 atom stereocenters. The second-order valence-electron chi connectivity index (χ2n) is 6.86. The Kier molecular flexibility index (Phi) is 6.14. The Bertz CT molecular complexity index is 822. The molecule has 1 heterocycles. The largest absolute Gasteiger partial charge is 0.323 e.